The van der Waals surface area contributed by atoms with E-state index in [2.05, 4.69) is 10.3 Å². The minimum atomic E-state index is -0.408. The largest absolute Gasteiger partial charge is 0.392 e. The molecule has 1 saturated heterocycles. The second kappa shape index (κ2) is 4.44. The third-order valence-corrected chi connectivity index (χ3v) is 2.94. The van der Waals surface area contributed by atoms with Crippen LogP contribution in [0.15, 0.2) is 12.4 Å². The predicted octanol–water partition coefficient (Wildman–Crippen LogP) is 1.04. The summed E-state index contributed by atoms with van der Waals surface area (Å²) in [5.41, 5.74) is 6.47. The Morgan fingerprint density at radius 1 is 1.44 bits per heavy atom. The van der Waals surface area contributed by atoms with E-state index in [-0.39, 0.29) is 17.3 Å². The maximum atomic E-state index is 11.0. The number of nitrogens with zero attached hydrogens (tertiary/aromatic N) is 2. The van der Waals surface area contributed by atoms with Gasteiger partial charge in [-0.15, -0.1) is 0 Å². The van der Waals surface area contributed by atoms with Crippen molar-refractivity contribution in [1.29, 1.82) is 0 Å². The quantitative estimate of drug-likeness (QED) is 0.576. The summed E-state index contributed by atoms with van der Waals surface area (Å²) in [5.74, 6) is 0.192. The topological polar surface area (TPSA) is 94.1 Å². The summed E-state index contributed by atoms with van der Waals surface area (Å²) in [5, 5.41) is 14.2. The molecule has 86 valence electrons. The Kier molecular flexibility index (Phi) is 3.00. The van der Waals surface area contributed by atoms with E-state index < -0.39 is 4.92 Å². The van der Waals surface area contributed by atoms with Gasteiger partial charge in [0.05, 0.1) is 16.7 Å². The smallest absolute Gasteiger partial charge is 0.298 e. The van der Waals surface area contributed by atoms with Crippen molar-refractivity contribution in [3.8, 4) is 0 Å². The fraction of sp³-hybridized carbons (Fsp3) is 0.500. The number of hydrogen-bond acceptors (Lipinski definition) is 5. The highest BCUT2D eigenvalue weighted by molar-refractivity contribution is 5.61. The molecule has 2 rings (SSSR count). The molecule has 1 aromatic rings. The van der Waals surface area contributed by atoms with Gasteiger partial charge in [0.2, 0.25) is 0 Å². The number of nitrogens with one attached hydrogen (secondary N) is 1. The molecule has 1 aliphatic heterocycles. The molecular weight excluding hydrogens is 208 g/mol. The normalized spacial score (nSPS) is 17.2. The molecule has 0 radical (unpaired) electrons. The van der Waals surface area contributed by atoms with Gasteiger partial charge in [0.25, 0.3) is 5.69 Å². The van der Waals surface area contributed by atoms with Crippen molar-refractivity contribution in [2.24, 2.45) is 0 Å². The number of nitro groups is 1. The average molecular weight is 222 g/mol. The van der Waals surface area contributed by atoms with E-state index in [9.17, 15) is 10.1 Å². The number of hydrogen-bond donors (Lipinski definition) is 2. The van der Waals surface area contributed by atoms with Crippen LogP contribution >= 0.6 is 0 Å². The minimum absolute atomic E-state index is 0.0295. The van der Waals surface area contributed by atoms with E-state index in [0.29, 0.717) is 5.56 Å². The Bertz CT molecular complexity index is 402. The molecule has 2 heterocycles. The monoisotopic (exact) mass is 222 g/mol. The predicted molar refractivity (Wildman–Crippen MR) is 60.1 cm³/mol. The van der Waals surface area contributed by atoms with Gasteiger partial charge in [-0.1, -0.05) is 0 Å². The third-order valence-electron chi connectivity index (χ3n) is 2.94. The fourth-order valence-corrected chi connectivity index (χ4v) is 2.13. The summed E-state index contributed by atoms with van der Waals surface area (Å²) < 4.78 is 0. The zero-order valence-corrected chi connectivity index (χ0v) is 8.85. The van der Waals surface area contributed by atoms with Gasteiger partial charge in [0.1, 0.15) is 5.69 Å². The van der Waals surface area contributed by atoms with Crippen molar-refractivity contribution in [3.05, 3.63) is 28.1 Å². The van der Waals surface area contributed by atoms with E-state index in [4.69, 9.17) is 5.73 Å². The van der Waals surface area contributed by atoms with Crippen molar-refractivity contribution in [2.45, 2.75) is 18.8 Å². The highest BCUT2D eigenvalue weighted by Gasteiger charge is 2.26. The van der Waals surface area contributed by atoms with Crippen LogP contribution in [-0.2, 0) is 0 Å². The van der Waals surface area contributed by atoms with Crippen molar-refractivity contribution in [2.75, 3.05) is 18.8 Å². The van der Waals surface area contributed by atoms with Crippen LogP contribution in [0.2, 0.25) is 0 Å². The first-order valence-corrected chi connectivity index (χ1v) is 5.28. The third kappa shape index (κ3) is 1.96. The lowest BCUT2D eigenvalue weighted by molar-refractivity contribution is -0.384. The molecule has 6 nitrogen and oxygen atoms in total. The fourth-order valence-electron chi connectivity index (χ4n) is 2.13. The van der Waals surface area contributed by atoms with Crippen LogP contribution in [0.25, 0.3) is 0 Å². The maximum Gasteiger partial charge on any atom is 0.298 e. The van der Waals surface area contributed by atoms with Crippen molar-refractivity contribution in [1.82, 2.24) is 10.3 Å². The number of nitrogen functional groups attached to an aromatic ring is 1. The lowest BCUT2D eigenvalue weighted by Gasteiger charge is -2.22. The summed E-state index contributed by atoms with van der Waals surface area (Å²) in [4.78, 5) is 14.5. The molecule has 0 spiro atoms. The van der Waals surface area contributed by atoms with Gasteiger partial charge >= 0.3 is 0 Å². The number of pyridine rings is 1. The molecule has 1 aliphatic rings. The van der Waals surface area contributed by atoms with Gasteiger partial charge in [-0.25, -0.2) is 0 Å². The molecule has 16 heavy (non-hydrogen) atoms. The highest BCUT2D eigenvalue weighted by atomic mass is 16.6. The van der Waals surface area contributed by atoms with Crippen LogP contribution in [-0.4, -0.2) is 23.0 Å². The van der Waals surface area contributed by atoms with Gasteiger partial charge in [-0.05, 0) is 31.8 Å². The van der Waals surface area contributed by atoms with Crippen LogP contribution in [0.1, 0.15) is 24.3 Å². The molecule has 1 fully saturated rings. The van der Waals surface area contributed by atoms with Crippen LogP contribution in [0.5, 0.6) is 0 Å². The first-order chi connectivity index (χ1) is 7.70. The average Bonchev–Trinajstić information content (AvgIpc) is 2.29. The molecule has 0 saturated carbocycles. The molecule has 1 aromatic heterocycles. The van der Waals surface area contributed by atoms with Gasteiger partial charge in [-0.2, -0.15) is 0 Å². The molecule has 0 bridgehead atoms. The lowest BCUT2D eigenvalue weighted by Crippen LogP contribution is -2.27. The van der Waals surface area contributed by atoms with Crippen LogP contribution in [0, 0.1) is 10.1 Å². The Morgan fingerprint density at radius 2 is 2.12 bits per heavy atom. The summed E-state index contributed by atoms with van der Waals surface area (Å²) in [6.45, 7) is 1.77. The zero-order chi connectivity index (χ0) is 11.5. The van der Waals surface area contributed by atoms with Crippen molar-refractivity contribution in [3.63, 3.8) is 0 Å². The SMILES string of the molecule is Nc1cncc(C2CCNCC2)c1[N+](=O)[O-]. The van der Waals surface area contributed by atoms with E-state index in [1.54, 1.807) is 6.20 Å². The summed E-state index contributed by atoms with van der Waals surface area (Å²) in [6, 6.07) is 0. The molecule has 6 heteroatoms. The number of piperidine rings is 1. The van der Waals surface area contributed by atoms with Crippen LogP contribution in [0.4, 0.5) is 11.4 Å². The Balaban J connectivity index is 2.38. The Hall–Kier alpha value is -1.69. The van der Waals surface area contributed by atoms with Gasteiger partial charge in [0, 0.05) is 6.20 Å². The summed E-state index contributed by atoms with van der Waals surface area (Å²) in [7, 11) is 0. The first kappa shape index (κ1) is 10.8. The standard InChI is InChI=1S/C10H14N4O2/c11-9-6-13-5-8(10(9)14(15)16)7-1-3-12-4-2-7/h5-7,12H,1-4,11H2. The minimum Gasteiger partial charge on any atom is -0.392 e. The summed E-state index contributed by atoms with van der Waals surface area (Å²) in [6.07, 6.45) is 4.70. The van der Waals surface area contributed by atoms with Gasteiger partial charge in [0.15, 0.2) is 0 Å². The second-order valence-corrected chi connectivity index (χ2v) is 3.95. The number of rotatable bonds is 2. The molecule has 3 N–H and O–H groups in total. The Labute approximate surface area is 93.0 Å². The second-order valence-electron chi connectivity index (χ2n) is 3.95. The number of nitrogens with two attached hydrogens (primary N) is 1. The van der Waals surface area contributed by atoms with Crippen LogP contribution in [0.3, 0.4) is 0 Å². The van der Waals surface area contributed by atoms with E-state index in [0.717, 1.165) is 25.9 Å². The first-order valence-electron chi connectivity index (χ1n) is 5.28. The molecule has 0 aliphatic carbocycles. The van der Waals surface area contributed by atoms with Crippen molar-refractivity contribution < 1.29 is 4.92 Å². The van der Waals surface area contributed by atoms with Gasteiger partial charge < -0.3 is 11.1 Å². The molecule has 0 unspecified atom stereocenters. The maximum absolute atomic E-state index is 11.0. The van der Waals surface area contributed by atoms with Crippen molar-refractivity contribution >= 4 is 11.4 Å². The van der Waals surface area contributed by atoms with E-state index in [1.807, 2.05) is 0 Å². The van der Waals surface area contributed by atoms with E-state index in [1.165, 1.54) is 6.20 Å². The number of anilines is 1. The number of aromatic nitrogens is 1. The highest BCUT2D eigenvalue weighted by Crippen LogP contribution is 2.34. The Morgan fingerprint density at radius 3 is 2.75 bits per heavy atom. The molecule has 0 aromatic carbocycles. The van der Waals surface area contributed by atoms with Gasteiger partial charge in [-0.3, -0.25) is 15.1 Å². The molecule has 0 amide bonds. The molecular formula is C10H14N4O2. The zero-order valence-electron chi connectivity index (χ0n) is 8.85. The van der Waals surface area contributed by atoms with E-state index >= 15 is 0 Å². The van der Waals surface area contributed by atoms with Crippen LogP contribution < -0.4 is 11.1 Å². The molecule has 0 atom stereocenters. The lowest BCUT2D eigenvalue weighted by atomic mass is 9.90. The summed E-state index contributed by atoms with van der Waals surface area (Å²) >= 11 is 0.